The van der Waals surface area contributed by atoms with Gasteiger partial charge in [-0.25, -0.2) is 17.2 Å². The lowest BCUT2D eigenvalue weighted by molar-refractivity contribution is -0.122. The van der Waals surface area contributed by atoms with E-state index in [1.165, 1.54) is 21.1 Å². The summed E-state index contributed by atoms with van der Waals surface area (Å²) in [5.41, 5.74) is 0.586. The average molecular weight is 457 g/mol. The van der Waals surface area contributed by atoms with Crippen molar-refractivity contribution < 1.29 is 31.5 Å². The predicted molar refractivity (Wildman–Crippen MR) is 114 cm³/mol. The van der Waals surface area contributed by atoms with E-state index < -0.39 is 39.6 Å². The van der Waals surface area contributed by atoms with Crippen LogP contribution in [0.2, 0.25) is 0 Å². The Bertz CT molecular complexity index is 1050. The molecule has 2 atom stereocenters. The van der Waals surface area contributed by atoms with E-state index in [0.717, 1.165) is 34.3 Å². The predicted octanol–water partition coefficient (Wildman–Crippen LogP) is 3.40. The van der Waals surface area contributed by atoms with E-state index in [9.17, 15) is 22.0 Å². The quantitative estimate of drug-likeness (QED) is 0.625. The van der Waals surface area contributed by atoms with Crippen LogP contribution in [-0.2, 0) is 14.8 Å². The van der Waals surface area contributed by atoms with E-state index in [4.69, 9.17) is 9.47 Å². The number of carbonyl (C=O) groups excluding carboxylic acids is 1. The van der Waals surface area contributed by atoms with Crippen molar-refractivity contribution in [3.63, 3.8) is 0 Å². The van der Waals surface area contributed by atoms with Gasteiger partial charge in [0.1, 0.15) is 6.04 Å². The number of carbonyl (C=O) groups is 1. The minimum absolute atomic E-state index is 0.150. The summed E-state index contributed by atoms with van der Waals surface area (Å²) in [7, 11) is -0.966. The highest BCUT2D eigenvalue weighted by molar-refractivity contribution is 7.92. The first-order valence-corrected chi connectivity index (χ1v) is 11.3. The second kappa shape index (κ2) is 9.95. The zero-order valence-corrected chi connectivity index (χ0v) is 18.8. The fourth-order valence-corrected chi connectivity index (χ4v) is 4.38. The molecule has 0 fully saturated rings. The third kappa shape index (κ3) is 5.63. The van der Waals surface area contributed by atoms with Gasteiger partial charge in [0, 0.05) is 6.07 Å². The molecular formula is C21H26F2N2O5S. The van der Waals surface area contributed by atoms with Crippen molar-refractivity contribution in [3.05, 3.63) is 53.6 Å². The van der Waals surface area contributed by atoms with E-state index in [1.807, 2.05) is 6.92 Å². The molecule has 0 aliphatic rings. The molecule has 1 N–H and O–H groups in total. The lowest BCUT2D eigenvalue weighted by atomic mass is 10.0. The normalized spacial score (nSPS) is 13.3. The van der Waals surface area contributed by atoms with Crippen LogP contribution in [0.1, 0.15) is 31.9 Å². The molecule has 10 heteroatoms. The number of nitrogens with one attached hydrogen (secondary N) is 1. The zero-order chi connectivity index (χ0) is 23.3. The first-order valence-electron chi connectivity index (χ1n) is 9.50. The number of halogens is 2. The summed E-state index contributed by atoms with van der Waals surface area (Å²) in [4.78, 5) is 12.9. The van der Waals surface area contributed by atoms with Crippen LogP contribution in [0.3, 0.4) is 0 Å². The molecule has 31 heavy (non-hydrogen) atoms. The number of rotatable bonds is 9. The minimum Gasteiger partial charge on any atom is -0.493 e. The summed E-state index contributed by atoms with van der Waals surface area (Å²) in [5.74, 6) is -1.91. The molecule has 2 aromatic carbocycles. The van der Waals surface area contributed by atoms with Crippen molar-refractivity contribution in [1.29, 1.82) is 0 Å². The summed E-state index contributed by atoms with van der Waals surface area (Å²) in [6, 6.07) is 6.20. The van der Waals surface area contributed by atoms with Crippen LogP contribution in [0.5, 0.6) is 11.5 Å². The van der Waals surface area contributed by atoms with Gasteiger partial charge < -0.3 is 14.8 Å². The van der Waals surface area contributed by atoms with Gasteiger partial charge in [0.05, 0.1) is 32.2 Å². The molecule has 0 aromatic heterocycles. The van der Waals surface area contributed by atoms with Crippen LogP contribution in [0.4, 0.5) is 14.5 Å². The number of ether oxygens (including phenoxy) is 2. The largest absolute Gasteiger partial charge is 0.493 e. The zero-order valence-electron chi connectivity index (χ0n) is 18.0. The van der Waals surface area contributed by atoms with Crippen LogP contribution < -0.4 is 19.1 Å². The van der Waals surface area contributed by atoms with Gasteiger partial charge >= 0.3 is 0 Å². The molecular weight excluding hydrogens is 430 g/mol. The van der Waals surface area contributed by atoms with Gasteiger partial charge in [0.15, 0.2) is 23.1 Å². The summed E-state index contributed by atoms with van der Waals surface area (Å²) in [5, 5.41) is 2.81. The topological polar surface area (TPSA) is 84.9 Å². The molecule has 0 saturated heterocycles. The van der Waals surface area contributed by atoms with Crippen LogP contribution in [-0.4, -0.2) is 40.8 Å². The maximum Gasteiger partial charge on any atom is 0.244 e. The van der Waals surface area contributed by atoms with Crippen molar-refractivity contribution in [2.45, 2.75) is 32.4 Å². The highest BCUT2D eigenvalue weighted by atomic mass is 32.2. The number of hydrogen-bond donors (Lipinski definition) is 1. The Morgan fingerprint density at radius 2 is 1.71 bits per heavy atom. The second-order valence-corrected chi connectivity index (χ2v) is 8.78. The first-order chi connectivity index (χ1) is 14.5. The fraction of sp³-hybridized carbons (Fsp3) is 0.381. The molecule has 0 saturated carbocycles. The minimum atomic E-state index is -3.97. The lowest BCUT2D eigenvalue weighted by Crippen LogP contribution is -2.48. The molecule has 0 aliphatic heterocycles. The molecule has 0 heterocycles. The molecule has 170 valence electrons. The molecule has 0 radical (unpaired) electrons. The number of sulfonamides is 1. The van der Waals surface area contributed by atoms with Crippen molar-refractivity contribution in [1.82, 2.24) is 5.32 Å². The van der Waals surface area contributed by atoms with E-state index >= 15 is 0 Å². The van der Waals surface area contributed by atoms with Crippen LogP contribution >= 0.6 is 0 Å². The molecule has 0 aliphatic carbocycles. The smallest absolute Gasteiger partial charge is 0.244 e. The fourth-order valence-electron chi connectivity index (χ4n) is 3.21. The maximum absolute atomic E-state index is 13.7. The van der Waals surface area contributed by atoms with E-state index in [-0.39, 0.29) is 5.69 Å². The van der Waals surface area contributed by atoms with Gasteiger partial charge in [-0.2, -0.15) is 0 Å². The van der Waals surface area contributed by atoms with Crippen molar-refractivity contribution in [3.8, 4) is 11.5 Å². The summed E-state index contributed by atoms with van der Waals surface area (Å²) in [6.07, 6.45) is 1.40. The summed E-state index contributed by atoms with van der Waals surface area (Å²) < 4.78 is 63.0. The third-order valence-corrected chi connectivity index (χ3v) is 6.02. The Balaban J connectivity index is 2.33. The van der Waals surface area contributed by atoms with E-state index in [0.29, 0.717) is 17.9 Å². The molecule has 1 amide bonds. The summed E-state index contributed by atoms with van der Waals surface area (Å²) in [6.45, 7) is 3.23. The number of nitrogens with zero attached hydrogens (tertiary/aromatic N) is 1. The average Bonchev–Trinajstić information content (AvgIpc) is 2.72. The van der Waals surface area contributed by atoms with Gasteiger partial charge in [0.2, 0.25) is 15.9 Å². The second-order valence-electron chi connectivity index (χ2n) is 6.92. The molecule has 2 rings (SSSR count). The summed E-state index contributed by atoms with van der Waals surface area (Å²) >= 11 is 0. The Hall–Kier alpha value is -2.88. The Labute approximate surface area is 181 Å². The van der Waals surface area contributed by atoms with Crippen molar-refractivity contribution in [2.75, 3.05) is 24.8 Å². The van der Waals surface area contributed by atoms with Gasteiger partial charge in [-0.05, 0) is 43.2 Å². The van der Waals surface area contributed by atoms with Gasteiger partial charge in [0.25, 0.3) is 0 Å². The number of amides is 1. The Kier molecular flexibility index (Phi) is 7.83. The maximum atomic E-state index is 13.7. The lowest BCUT2D eigenvalue weighted by Gasteiger charge is -2.30. The third-order valence-electron chi connectivity index (χ3n) is 4.78. The van der Waals surface area contributed by atoms with Crippen LogP contribution in [0.15, 0.2) is 36.4 Å². The highest BCUT2D eigenvalue weighted by Gasteiger charge is 2.31. The molecule has 0 spiro atoms. The Morgan fingerprint density at radius 1 is 1.06 bits per heavy atom. The van der Waals surface area contributed by atoms with Gasteiger partial charge in [-0.15, -0.1) is 0 Å². The monoisotopic (exact) mass is 456 g/mol. The van der Waals surface area contributed by atoms with Crippen LogP contribution in [0, 0.1) is 11.6 Å². The molecule has 7 nitrogen and oxygen atoms in total. The Morgan fingerprint density at radius 3 is 2.23 bits per heavy atom. The molecule has 2 unspecified atom stereocenters. The first kappa shape index (κ1) is 24.4. The highest BCUT2D eigenvalue weighted by Crippen LogP contribution is 2.31. The number of hydrogen-bond acceptors (Lipinski definition) is 5. The van der Waals surface area contributed by atoms with Gasteiger partial charge in [-0.3, -0.25) is 9.10 Å². The number of methoxy groups -OCH3 is 2. The van der Waals surface area contributed by atoms with Gasteiger partial charge in [-0.1, -0.05) is 13.0 Å². The SMILES string of the molecule is CCC(NC(=O)C(C)N(c1ccc(F)c(F)c1)S(C)(=O)=O)c1ccc(OC)c(OC)c1. The molecule has 2 aromatic rings. The van der Waals surface area contributed by atoms with E-state index in [1.54, 1.807) is 18.2 Å². The van der Waals surface area contributed by atoms with Crippen molar-refractivity contribution in [2.24, 2.45) is 0 Å². The van der Waals surface area contributed by atoms with E-state index in [2.05, 4.69) is 5.32 Å². The van der Waals surface area contributed by atoms with Crippen LogP contribution in [0.25, 0.3) is 0 Å². The number of anilines is 1. The number of benzene rings is 2. The van der Waals surface area contributed by atoms with Crippen molar-refractivity contribution >= 4 is 21.6 Å². The molecule has 0 bridgehead atoms. The standard InChI is InChI=1S/C21H26F2N2O5S/c1-6-18(14-7-10-19(29-3)20(11-14)30-4)24-21(26)13(2)25(31(5,27)28)15-8-9-16(22)17(23)12-15/h7-13,18H,6H2,1-5H3,(H,24,26).